The van der Waals surface area contributed by atoms with Gasteiger partial charge in [0.05, 0.1) is 6.61 Å². The molecule has 6 nitrogen and oxygen atoms in total. The Bertz CT molecular complexity index is 592. The number of aromatic amines is 1. The van der Waals surface area contributed by atoms with Gasteiger partial charge in [0, 0.05) is 17.7 Å². The van der Waals surface area contributed by atoms with Crippen LogP contribution >= 0.6 is 0 Å². The molecule has 0 fully saturated rings. The maximum absolute atomic E-state index is 12.0. The molecule has 2 N–H and O–H groups in total. The van der Waals surface area contributed by atoms with Crippen LogP contribution < -0.4 is 10.1 Å². The molecule has 0 aliphatic heterocycles. The van der Waals surface area contributed by atoms with Crippen LogP contribution in [0.15, 0.2) is 24.3 Å². The summed E-state index contributed by atoms with van der Waals surface area (Å²) in [4.78, 5) is 16.2. The van der Waals surface area contributed by atoms with Crippen molar-refractivity contribution in [3.8, 4) is 5.75 Å². The van der Waals surface area contributed by atoms with Crippen LogP contribution in [0.1, 0.15) is 43.1 Å². The number of aromatic nitrogens is 3. The molecule has 1 amide bonds. The van der Waals surface area contributed by atoms with E-state index < -0.39 is 0 Å². The lowest BCUT2D eigenvalue weighted by atomic mass is 10.2. The lowest BCUT2D eigenvalue weighted by molar-refractivity contribution is 0.101. The topological polar surface area (TPSA) is 79.9 Å². The van der Waals surface area contributed by atoms with Crippen molar-refractivity contribution >= 4 is 11.6 Å². The minimum absolute atomic E-state index is 0.135. The van der Waals surface area contributed by atoms with Crippen LogP contribution in [0.3, 0.4) is 0 Å². The summed E-state index contributed by atoms with van der Waals surface area (Å²) in [6, 6.07) is 7.20. The molecule has 20 heavy (non-hydrogen) atoms. The van der Waals surface area contributed by atoms with E-state index in [0.29, 0.717) is 23.9 Å². The smallest absolute Gasteiger partial charge is 0.295 e. The molecule has 0 spiro atoms. The van der Waals surface area contributed by atoms with Crippen LogP contribution in [0.5, 0.6) is 5.75 Å². The predicted octanol–water partition coefficient (Wildman–Crippen LogP) is 2.58. The molecule has 6 heteroatoms. The Hall–Kier alpha value is -2.37. The average molecular weight is 274 g/mol. The van der Waals surface area contributed by atoms with Gasteiger partial charge in [-0.05, 0) is 19.1 Å². The lowest BCUT2D eigenvalue weighted by Gasteiger charge is -2.06. The number of H-pyrrole nitrogens is 1. The maximum Gasteiger partial charge on any atom is 0.295 e. The van der Waals surface area contributed by atoms with Crippen LogP contribution in [-0.2, 0) is 0 Å². The molecule has 1 aromatic carbocycles. The Labute approximate surface area is 117 Å². The van der Waals surface area contributed by atoms with Crippen LogP contribution in [0.4, 0.5) is 5.69 Å². The summed E-state index contributed by atoms with van der Waals surface area (Å²) in [5.74, 6) is 1.39. The van der Waals surface area contributed by atoms with E-state index in [0.717, 1.165) is 0 Å². The van der Waals surface area contributed by atoms with Gasteiger partial charge in [-0.3, -0.25) is 9.89 Å². The van der Waals surface area contributed by atoms with Crippen LogP contribution in [0.2, 0.25) is 0 Å². The molecule has 0 saturated carbocycles. The van der Waals surface area contributed by atoms with Gasteiger partial charge in [-0.25, -0.2) is 4.98 Å². The lowest BCUT2D eigenvalue weighted by Crippen LogP contribution is -2.14. The number of anilines is 1. The van der Waals surface area contributed by atoms with E-state index in [4.69, 9.17) is 4.74 Å². The summed E-state index contributed by atoms with van der Waals surface area (Å²) in [7, 11) is 0. The van der Waals surface area contributed by atoms with Crippen molar-refractivity contribution in [3.05, 3.63) is 35.9 Å². The van der Waals surface area contributed by atoms with Crippen molar-refractivity contribution in [1.29, 1.82) is 0 Å². The average Bonchev–Trinajstić information content (AvgIpc) is 2.89. The zero-order valence-corrected chi connectivity index (χ0v) is 11.8. The third-order valence-corrected chi connectivity index (χ3v) is 2.66. The van der Waals surface area contributed by atoms with E-state index in [1.54, 1.807) is 12.1 Å². The Morgan fingerprint density at radius 1 is 1.45 bits per heavy atom. The summed E-state index contributed by atoms with van der Waals surface area (Å²) in [5.41, 5.74) is 0.650. The van der Waals surface area contributed by atoms with Gasteiger partial charge in [-0.2, -0.15) is 0 Å². The summed E-state index contributed by atoms with van der Waals surface area (Å²) in [5, 5.41) is 9.42. The molecule has 0 aliphatic carbocycles. The highest BCUT2D eigenvalue weighted by atomic mass is 16.5. The first-order valence-electron chi connectivity index (χ1n) is 6.56. The zero-order chi connectivity index (χ0) is 14.5. The van der Waals surface area contributed by atoms with E-state index in [9.17, 15) is 4.79 Å². The van der Waals surface area contributed by atoms with Gasteiger partial charge in [-0.1, -0.05) is 19.9 Å². The van der Waals surface area contributed by atoms with Crippen molar-refractivity contribution in [2.24, 2.45) is 0 Å². The molecule has 0 bridgehead atoms. The number of rotatable bonds is 5. The number of ether oxygens (including phenoxy) is 1. The number of hydrogen-bond donors (Lipinski definition) is 2. The van der Waals surface area contributed by atoms with E-state index >= 15 is 0 Å². The molecule has 0 saturated heterocycles. The molecular weight excluding hydrogens is 256 g/mol. The molecule has 106 valence electrons. The van der Waals surface area contributed by atoms with Crippen molar-refractivity contribution in [2.75, 3.05) is 11.9 Å². The highest BCUT2D eigenvalue weighted by Crippen LogP contribution is 2.18. The number of nitrogens with zero attached hydrogens (tertiary/aromatic N) is 2. The summed E-state index contributed by atoms with van der Waals surface area (Å²) in [6.45, 7) is 6.45. The normalized spacial score (nSPS) is 10.6. The van der Waals surface area contributed by atoms with Gasteiger partial charge < -0.3 is 10.1 Å². The van der Waals surface area contributed by atoms with Crippen LogP contribution in [-0.4, -0.2) is 27.7 Å². The van der Waals surface area contributed by atoms with Crippen LogP contribution in [0, 0.1) is 0 Å². The summed E-state index contributed by atoms with van der Waals surface area (Å²) in [6.07, 6.45) is 0. The van der Waals surface area contributed by atoms with Crippen molar-refractivity contribution in [2.45, 2.75) is 26.7 Å². The SMILES string of the molecule is CCOc1cccc(NC(=O)c2n[nH]c(C(C)C)n2)c1. The summed E-state index contributed by atoms with van der Waals surface area (Å²) >= 11 is 0. The number of amides is 1. The van der Waals surface area contributed by atoms with Gasteiger partial charge in [0.1, 0.15) is 11.6 Å². The molecule has 2 rings (SSSR count). The Balaban J connectivity index is 2.08. The Morgan fingerprint density at radius 2 is 2.25 bits per heavy atom. The third-order valence-electron chi connectivity index (χ3n) is 2.66. The maximum atomic E-state index is 12.0. The quantitative estimate of drug-likeness (QED) is 0.878. The molecule has 1 heterocycles. The number of benzene rings is 1. The second-order valence-corrected chi connectivity index (χ2v) is 4.61. The molecule has 0 radical (unpaired) electrons. The van der Waals surface area contributed by atoms with Gasteiger partial charge >= 0.3 is 0 Å². The number of nitrogens with one attached hydrogen (secondary N) is 2. The fourth-order valence-corrected chi connectivity index (χ4v) is 1.65. The standard InChI is InChI=1S/C14H18N4O2/c1-4-20-11-7-5-6-10(8-11)15-14(19)13-16-12(9(2)3)17-18-13/h5-9H,4H2,1-3H3,(H,15,19)(H,16,17,18). The number of hydrogen-bond acceptors (Lipinski definition) is 4. The Kier molecular flexibility index (Phi) is 4.34. The highest BCUT2D eigenvalue weighted by molar-refractivity contribution is 6.01. The zero-order valence-electron chi connectivity index (χ0n) is 11.8. The first-order chi connectivity index (χ1) is 9.60. The third kappa shape index (κ3) is 3.34. The number of carbonyl (C=O) groups is 1. The molecule has 1 aromatic heterocycles. The molecule has 0 aliphatic rings. The van der Waals surface area contributed by atoms with Crippen molar-refractivity contribution < 1.29 is 9.53 Å². The molecule has 0 unspecified atom stereocenters. The summed E-state index contributed by atoms with van der Waals surface area (Å²) < 4.78 is 5.38. The molecular formula is C14H18N4O2. The fourth-order valence-electron chi connectivity index (χ4n) is 1.65. The fraction of sp³-hybridized carbons (Fsp3) is 0.357. The van der Waals surface area contributed by atoms with Gasteiger partial charge in [0.2, 0.25) is 5.82 Å². The van der Waals surface area contributed by atoms with Gasteiger partial charge in [-0.15, -0.1) is 5.10 Å². The van der Waals surface area contributed by atoms with Crippen molar-refractivity contribution in [3.63, 3.8) is 0 Å². The second kappa shape index (κ2) is 6.18. The predicted molar refractivity (Wildman–Crippen MR) is 76.0 cm³/mol. The van der Waals surface area contributed by atoms with E-state index in [-0.39, 0.29) is 17.6 Å². The first-order valence-corrected chi connectivity index (χ1v) is 6.56. The first kappa shape index (κ1) is 14.0. The van der Waals surface area contributed by atoms with Gasteiger partial charge in [0.25, 0.3) is 5.91 Å². The van der Waals surface area contributed by atoms with Crippen molar-refractivity contribution in [1.82, 2.24) is 15.2 Å². The van der Waals surface area contributed by atoms with E-state index in [1.165, 1.54) is 0 Å². The molecule has 0 atom stereocenters. The largest absolute Gasteiger partial charge is 0.494 e. The van der Waals surface area contributed by atoms with Gasteiger partial charge in [0.15, 0.2) is 0 Å². The highest BCUT2D eigenvalue weighted by Gasteiger charge is 2.14. The van der Waals surface area contributed by atoms with E-state index in [2.05, 4.69) is 20.5 Å². The van der Waals surface area contributed by atoms with E-state index in [1.807, 2.05) is 32.9 Å². The number of carbonyl (C=O) groups excluding carboxylic acids is 1. The Morgan fingerprint density at radius 3 is 2.90 bits per heavy atom. The minimum atomic E-state index is -0.346. The van der Waals surface area contributed by atoms with Crippen LogP contribution in [0.25, 0.3) is 0 Å². The molecule has 2 aromatic rings. The monoisotopic (exact) mass is 274 g/mol. The second-order valence-electron chi connectivity index (χ2n) is 4.61. The minimum Gasteiger partial charge on any atom is -0.494 e.